The van der Waals surface area contributed by atoms with Gasteiger partial charge >= 0.3 is 0 Å². The molecule has 0 saturated carbocycles. The standard InChI is InChI=1S/C27H28F3N5O2/c1-5-6-9-31-27-33-22(26(36)35(27)17(3)19-12-20(28)25(30)21(29)13-19)10-18-7-8-23(24(11-18)37-4)34-14-16(2)32-15-34/h7-8,10-15,17H,5-6,9H2,1-4H3,(H,31,33). The van der Waals surface area contributed by atoms with E-state index in [1.165, 1.54) is 4.90 Å². The minimum absolute atomic E-state index is 0.109. The van der Waals surface area contributed by atoms with Crippen molar-refractivity contribution in [2.45, 2.75) is 39.7 Å². The van der Waals surface area contributed by atoms with Gasteiger partial charge in [0.05, 0.1) is 30.9 Å². The van der Waals surface area contributed by atoms with Crippen LogP contribution in [-0.2, 0) is 4.79 Å². The molecule has 1 amide bonds. The summed E-state index contributed by atoms with van der Waals surface area (Å²) in [6.07, 6.45) is 6.92. The monoisotopic (exact) mass is 511 g/mol. The average molecular weight is 512 g/mol. The molecule has 4 rings (SSSR count). The molecule has 10 heteroatoms. The quantitative estimate of drug-likeness (QED) is 0.253. The zero-order chi connectivity index (χ0) is 26.7. The van der Waals surface area contributed by atoms with Gasteiger partial charge in [-0.2, -0.15) is 0 Å². The fraction of sp³-hybridized carbons (Fsp3) is 0.296. The second-order valence-electron chi connectivity index (χ2n) is 8.75. The molecule has 1 aromatic heterocycles. The third-order valence-electron chi connectivity index (χ3n) is 6.08. The minimum Gasteiger partial charge on any atom is -0.495 e. The Balaban J connectivity index is 1.69. The Hall–Kier alpha value is -4.08. The van der Waals surface area contributed by atoms with E-state index in [4.69, 9.17) is 4.74 Å². The molecule has 0 bridgehead atoms. The van der Waals surface area contributed by atoms with Gasteiger partial charge in [-0.3, -0.25) is 14.7 Å². The molecule has 7 nitrogen and oxygen atoms in total. The first-order valence-corrected chi connectivity index (χ1v) is 11.9. The normalized spacial score (nSPS) is 16.5. The van der Waals surface area contributed by atoms with E-state index < -0.39 is 29.4 Å². The predicted molar refractivity (Wildman–Crippen MR) is 135 cm³/mol. The number of hydrogen-bond acceptors (Lipinski definition) is 4. The van der Waals surface area contributed by atoms with Crippen LogP contribution in [0.25, 0.3) is 11.8 Å². The number of ether oxygens (including phenoxy) is 1. The van der Waals surface area contributed by atoms with Crippen LogP contribution in [0.1, 0.15) is 49.6 Å². The lowest BCUT2D eigenvalue weighted by atomic mass is 10.1. The summed E-state index contributed by atoms with van der Waals surface area (Å²) in [5.74, 6) is -3.77. The molecule has 1 aliphatic rings. The van der Waals surface area contributed by atoms with Gasteiger partial charge in [-0.15, -0.1) is 0 Å². The minimum atomic E-state index is -1.55. The van der Waals surface area contributed by atoms with Crippen LogP contribution in [0.3, 0.4) is 0 Å². The van der Waals surface area contributed by atoms with Crippen molar-refractivity contribution in [3.05, 3.63) is 82.8 Å². The predicted octanol–water partition coefficient (Wildman–Crippen LogP) is 5.30. The Kier molecular flexibility index (Phi) is 7.66. The highest BCUT2D eigenvalue weighted by atomic mass is 19.2. The maximum absolute atomic E-state index is 13.9. The number of halogens is 3. The second-order valence-corrected chi connectivity index (χ2v) is 8.75. The maximum atomic E-state index is 13.9. The van der Waals surface area contributed by atoms with Gasteiger partial charge in [0.2, 0.25) is 5.96 Å². The number of aryl methyl sites for hydroxylation is 1. The van der Waals surface area contributed by atoms with E-state index in [0.717, 1.165) is 36.4 Å². The Labute approximate surface area is 213 Å². The van der Waals surface area contributed by atoms with Crippen molar-refractivity contribution in [3.63, 3.8) is 0 Å². The van der Waals surface area contributed by atoms with Crippen molar-refractivity contribution in [2.24, 2.45) is 4.99 Å². The van der Waals surface area contributed by atoms with E-state index >= 15 is 0 Å². The summed E-state index contributed by atoms with van der Waals surface area (Å²) in [4.78, 5) is 23.5. The van der Waals surface area contributed by atoms with Crippen molar-refractivity contribution in [2.75, 3.05) is 13.7 Å². The summed E-state index contributed by atoms with van der Waals surface area (Å²) in [5.41, 5.74) is 2.68. The Morgan fingerprint density at radius 1 is 1.19 bits per heavy atom. The number of nitrogens with one attached hydrogen (secondary N) is 1. The van der Waals surface area contributed by atoms with Gasteiger partial charge in [-0.05, 0) is 61.7 Å². The van der Waals surface area contributed by atoms with Gasteiger partial charge in [-0.25, -0.2) is 18.2 Å². The summed E-state index contributed by atoms with van der Waals surface area (Å²) < 4.78 is 48.8. The van der Waals surface area contributed by atoms with Crippen LogP contribution in [0, 0.1) is 24.4 Å². The molecule has 194 valence electrons. The number of aliphatic imine (C=N–C) groups is 1. The molecular formula is C27H28F3N5O2. The molecule has 2 aromatic carbocycles. The average Bonchev–Trinajstić information content (AvgIpc) is 3.44. The van der Waals surface area contributed by atoms with Crippen molar-refractivity contribution in [3.8, 4) is 11.4 Å². The van der Waals surface area contributed by atoms with E-state index in [9.17, 15) is 18.0 Å². The first-order chi connectivity index (χ1) is 17.7. The highest BCUT2D eigenvalue weighted by Crippen LogP contribution is 2.30. The third kappa shape index (κ3) is 5.37. The molecule has 37 heavy (non-hydrogen) atoms. The summed E-state index contributed by atoms with van der Waals surface area (Å²) in [6.45, 7) is 5.97. The van der Waals surface area contributed by atoms with Crippen LogP contribution >= 0.6 is 0 Å². The number of benzene rings is 2. The number of aromatic nitrogens is 2. The Morgan fingerprint density at radius 2 is 1.92 bits per heavy atom. The van der Waals surface area contributed by atoms with E-state index in [-0.39, 0.29) is 17.2 Å². The lowest BCUT2D eigenvalue weighted by molar-refractivity contribution is -0.123. The van der Waals surface area contributed by atoms with Crippen LogP contribution < -0.4 is 10.1 Å². The maximum Gasteiger partial charge on any atom is 0.277 e. The second kappa shape index (κ2) is 10.9. The molecule has 1 atom stereocenters. The van der Waals surface area contributed by atoms with Gasteiger partial charge in [-0.1, -0.05) is 19.4 Å². The van der Waals surface area contributed by atoms with Gasteiger partial charge < -0.3 is 14.6 Å². The van der Waals surface area contributed by atoms with Gasteiger partial charge in [0.15, 0.2) is 17.5 Å². The van der Waals surface area contributed by atoms with Crippen molar-refractivity contribution >= 4 is 17.9 Å². The molecule has 1 unspecified atom stereocenters. The zero-order valence-corrected chi connectivity index (χ0v) is 21.1. The summed E-state index contributed by atoms with van der Waals surface area (Å²) >= 11 is 0. The molecule has 1 fully saturated rings. The number of carbonyl (C=O) groups excluding carboxylic acids is 1. The number of hydrogen-bond donors (Lipinski definition) is 1. The van der Waals surface area contributed by atoms with Crippen LogP contribution in [0.4, 0.5) is 13.2 Å². The van der Waals surface area contributed by atoms with E-state index in [2.05, 4.69) is 15.3 Å². The van der Waals surface area contributed by atoms with Gasteiger partial charge in [0.1, 0.15) is 11.4 Å². The van der Waals surface area contributed by atoms with Crippen LogP contribution in [0.15, 0.2) is 53.5 Å². The SMILES string of the molecule is CCCCN=C1NC(=Cc2ccc(-n3cnc(C)c3)c(OC)c2)C(=O)N1C(C)c1cc(F)c(F)c(F)c1. The molecule has 1 saturated heterocycles. The fourth-order valence-corrected chi connectivity index (χ4v) is 4.06. The molecule has 0 spiro atoms. The Bertz CT molecular complexity index is 1360. The Morgan fingerprint density at radius 3 is 2.54 bits per heavy atom. The third-order valence-corrected chi connectivity index (χ3v) is 6.08. The molecule has 0 radical (unpaired) electrons. The highest BCUT2D eigenvalue weighted by molar-refractivity contribution is 6.15. The van der Waals surface area contributed by atoms with E-state index in [1.807, 2.05) is 36.7 Å². The highest BCUT2D eigenvalue weighted by Gasteiger charge is 2.36. The van der Waals surface area contributed by atoms with Crippen molar-refractivity contribution in [1.82, 2.24) is 19.8 Å². The lowest BCUT2D eigenvalue weighted by Crippen LogP contribution is -2.35. The zero-order valence-electron chi connectivity index (χ0n) is 21.1. The van der Waals surface area contributed by atoms with E-state index in [0.29, 0.717) is 17.9 Å². The molecule has 1 N–H and O–H groups in total. The number of rotatable bonds is 8. The fourth-order valence-electron chi connectivity index (χ4n) is 4.06. The number of unbranched alkanes of at least 4 members (excludes halogenated alkanes) is 1. The number of imidazole rings is 1. The van der Waals surface area contributed by atoms with E-state index in [1.54, 1.807) is 32.5 Å². The lowest BCUT2D eigenvalue weighted by Gasteiger charge is -2.24. The number of methoxy groups -OCH3 is 1. The first-order valence-electron chi connectivity index (χ1n) is 11.9. The number of amides is 1. The topological polar surface area (TPSA) is 71.7 Å². The van der Waals surface area contributed by atoms with Crippen LogP contribution in [0.5, 0.6) is 5.75 Å². The van der Waals surface area contributed by atoms with Crippen LogP contribution in [0.2, 0.25) is 0 Å². The summed E-state index contributed by atoms with van der Waals surface area (Å²) in [6, 6.07) is 6.45. The largest absolute Gasteiger partial charge is 0.495 e. The molecule has 0 aliphatic carbocycles. The first kappa shape index (κ1) is 26.0. The number of guanidine groups is 1. The molecule has 1 aliphatic heterocycles. The van der Waals surface area contributed by atoms with Gasteiger partial charge in [0, 0.05) is 12.7 Å². The number of nitrogens with zero attached hydrogens (tertiary/aromatic N) is 4. The van der Waals surface area contributed by atoms with Crippen molar-refractivity contribution < 1.29 is 22.7 Å². The molecular weight excluding hydrogens is 483 g/mol. The van der Waals surface area contributed by atoms with Gasteiger partial charge in [0.25, 0.3) is 5.91 Å². The number of carbonyl (C=O) groups is 1. The summed E-state index contributed by atoms with van der Waals surface area (Å²) in [7, 11) is 1.56. The van der Waals surface area contributed by atoms with Crippen molar-refractivity contribution in [1.29, 1.82) is 0 Å². The smallest absolute Gasteiger partial charge is 0.277 e. The summed E-state index contributed by atoms with van der Waals surface area (Å²) in [5, 5.41) is 3.05. The van der Waals surface area contributed by atoms with Crippen LogP contribution in [-0.4, -0.2) is 40.0 Å². The molecule has 2 heterocycles. The molecule has 3 aromatic rings.